The third-order valence-corrected chi connectivity index (χ3v) is 4.68. The Morgan fingerprint density at radius 2 is 2.05 bits per heavy atom. The van der Waals surface area contributed by atoms with Crippen molar-refractivity contribution in [1.29, 1.82) is 0 Å². The Labute approximate surface area is 116 Å². The van der Waals surface area contributed by atoms with Crippen molar-refractivity contribution in [2.45, 2.75) is 63.5 Å². The highest BCUT2D eigenvalue weighted by Crippen LogP contribution is 2.34. The Morgan fingerprint density at radius 3 is 2.74 bits per heavy atom. The van der Waals surface area contributed by atoms with Crippen LogP contribution in [0.25, 0.3) is 0 Å². The van der Waals surface area contributed by atoms with E-state index in [0.717, 1.165) is 31.8 Å². The maximum absolute atomic E-state index is 11.1. The van der Waals surface area contributed by atoms with Crippen LogP contribution >= 0.6 is 0 Å². The van der Waals surface area contributed by atoms with Gasteiger partial charge in [-0.1, -0.05) is 19.3 Å². The number of ether oxygens (including phenoxy) is 1. The van der Waals surface area contributed by atoms with Crippen molar-refractivity contribution in [2.24, 2.45) is 5.92 Å². The zero-order chi connectivity index (χ0) is 13.7. The molecule has 0 radical (unpaired) electrons. The lowest BCUT2D eigenvalue weighted by atomic mass is 9.82. The van der Waals surface area contributed by atoms with Gasteiger partial charge in [0.1, 0.15) is 0 Å². The van der Waals surface area contributed by atoms with Gasteiger partial charge in [-0.2, -0.15) is 0 Å². The van der Waals surface area contributed by atoms with Crippen molar-refractivity contribution in [2.75, 3.05) is 20.2 Å². The van der Waals surface area contributed by atoms with E-state index >= 15 is 0 Å². The number of likely N-dealkylation sites (tertiary alicyclic amines) is 1. The van der Waals surface area contributed by atoms with Gasteiger partial charge in [-0.05, 0) is 38.1 Å². The number of aliphatic hydroxyl groups excluding tert-OH is 1. The van der Waals surface area contributed by atoms with Crippen LogP contribution in [0.15, 0.2) is 0 Å². The summed E-state index contributed by atoms with van der Waals surface area (Å²) in [5.41, 5.74) is 0. The number of carbonyl (C=O) groups is 1. The topological polar surface area (TPSA) is 49.8 Å². The fourth-order valence-corrected chi connectivity index (χ4v) is 3.70. The maximum atomic E-state index is 11.1. The molecule has 2 aliphatic rings. The van der Waals surface area contributed by atoms with Crippen molar-refractivity contribution in [3.63, 3.8) is 0 Å². The zero-order valence-electron chi connectivity index (χ0n) is 12.0. The first kappa shape index (κ1) is 14.8. The Balaban J connectivity index is 1.81. The average Bonchev–Trinajstić information content (AvgIpc) is 2.80. The summed E-state index contributed by atoms with van der Waals surface area (Å²) in [4.78, 5) is 13.5. The fourth-order valence-electron chi connectivity index (χ4n) is 3.70. The second kappa shape index (κ2) is 7.25. The van der Waals surface area contributed by atoms with Crippen LogP contribution in [-0.4, -0.2) is 48.3 Å². The molecule has 0 spiro atoms. The summed E-state index contributed by atoms with van der Waals surface area (Å²) in [6, 6.07) is 0.535. The molecule has 1 aliphatic heterocycles. The molecular weight excluding hydrogens is 242 g/mol. The lowest BCUT2D eigenvalue weighted by Crippen LogP contribution is -2.37. The number of hydrogen-bond donors (Lipinski definition) is 1. The number of methoxy groups -OCH3 is 1. The van der Waals surface area contributed by atoms with E-state index in [-0.39, 0.29) is 12.1 Å². The Hall–Kier alpha value is -0.610. The molecule has 19 heavy (non-hydrogen) atoms. The van der Waals surface area contributed by atoms with Crippen molar-refractivity contribution < 1.29 is 14.6 Å². The van der Waals surface area contributed by atoms with Crippen LogP contribution in [0.1, 0.15) is 51.4 Å². The summed E-state index contributed by atoms with van der Waals surface area (Å²) >= 11 is 0. The number of hydrogen-bond acceptors (Lipinski definition) is 4. The van der Waals surface area contributed by atoms with E-state index in [9.17, 15) is 9.90 Å². The maximum Gasteiger partial charge on any atom is 0.305 e. The third kappa shape index (κ3) is 4.18. The minimum Gasteiger partial charge on any atom is -0.469 e. The number of rotatable bonds is 5. The molecular formula is C15H27NO3. The first-order chi connectivity index (χ1) is 9.20. The summed E-state index contributed by atoms with van der Waals surface area (Å²) in [5.74, 6) is 0.623. The van der Waals surface area contributed by atoms with E-state index < -0.39 is 0 Å². The molecule has 1 saturated carbocycles. The predicted molar refractivity (Wildman–Crippen MR) is 73.8 cm³/mol. The molecule has 4 heteroatoms. The van der Waals surface area contributed by atoms with E-state index in [1.54, 1.807) is 0 Å². The SMILES string of the molecule is COC(=O)CCCN1CC(O)CC1C1CCCCC1. The number of aliphatic hydroxyl groups is 1. The van der Waals surface area contributed by atoms with E-state index in [4.69, 9.17) is 0 Å². The molecule has 1 N–H and O–H groups in total. The number of esters is 1. The van der Waals surface area contributed by atoms with Gasteiger partial charge in [0.05, 0.1) is 13.2 Å². The predicted octanol–water partition coefficient (Wildman–Crippen LogP) is 1.96. The van der Waals surface area contributed by atoms with E-state index in [1.165, 1.54) is 39.2 Å². The van der Waals surface area contributed by atoms with Crippen LogP contribution in [-0.2, 0) is 9.53 Å². The van der Waals surface area contributed by atoms with Crippen LogP contribution < -0.4 is 0 Å². The first-order valence-corrected chi connectivity index (χ1v) is 7.69. The molecule has 0 amide bonds. The van der Waals surface area contributed by atoms with Gasteiger partial charge in [-0.15, -0.1) is 0 Å². The molecule has 110 valence electrons. The molecule has 4 nitrogen and oxygen atoms in total. The van der Waals surface area contributed by atoms with Crippen LogP contribution in [0, 0.1) is 5.92 Å². The molecule has 2 atom stereocenters. The highest BCUT2D eigenvalue weighted by atomic mass is 16.5. The largest absolute Gasteiger partial charge is 0.469 e. The molecule has 2 rings (SSSR count). The Kier molecular flexibility index (Phi) is 5.64. The van der Waals surface area contributed by atoms with Gasteiger partial charge >= 0.3 is 5.97 Å². The lowest BCUT2D eigenvalue weighted by molar-refractivity contribution is -0.140. The fraction of sp³-hybridized carbons (Fsp3) is 0.933. The number of β-amino-alcohol motifs (C(OH)–C–C–N with tert-alkyl or cyclic N) is 1. The molecule has 1 aliphatic carbocycles. The second-order valence-corrected chi connectivity index (χ2v) is 6.03. The van der Waals surface area contributed by atoms with Crippen LogP contribution in [0.5, 0.6) is 0 Å². The lowest BCUT2D eigenvalue weighted by Gasteiger charge is -2.33. The van der Waals surface area contributed by atoms with Crippen molar-refractivity contribution in [1.82, 2.24) is 4.90 Å². The molecule has 1 heterocycles. The Morgan fingerprint density at radius 1 is 1.32 bits per heavy atom. The standard InChI is InChI=1S/C15H27NO3/c1-19-15(18)8-5-9-16-11-13(17)10-14(16)12-6-3-2-4-7-12/h12-14,17H,2-11H2,1H3. The summed E-state index contributed by atoms with van der Waals surface area (Å²) in [7, 11) is 1.44. The molecule has 1 saturated heterocycles. The van der Waals surface area contributed by atoms with Gasteiger partial charge in [-0.25, -0.2) is 0 Å². The molecule has 0 aromatic carbocycles. The van der Waals surface area contributed by atoms with Crippen LogP contribution in [0.2, 0.25) is 0 Å². The van der Waals surface area contributed by atoms with Gasteiger partial charge in [-0.3, -0.25) is 9.69 Å². The minimum atomic E-state index is -0.176. The molecule has 0 bridgehead atoms. The normalized spacial score (nSPS) is 29.6. The minimum absolute atomic E-state index is 0.131. The number of nitrogens with zero attached hydrogens (tertiary/aromatic N) is 1. The van der Waals surface area contributed by atoms with Gasteiger partial charge in [0.25, 0.3) is 0 Å². The summed E-state index contributed by atoms with van der Waals surface area (Å²) in [6.45, 7) is 1.69. The highest BCUT2D eigenvalue weighted by molar-refractivity contribution is 5.69. The monoisotopic (exact) mass is 269 g/mol. The summed E-state index contributed by atoms with van der Waals surface area (Å²) < 4.78 is 4.67. The van der Waals surface area contributed by atoms with E-state index in [0.29, 0.717) is 12.5 Å². The second-order valence-electron chi connectivity index (χ2n) is 6.03. The van der Waals surface area contributed by atoms with E-state index in [1.807, 2.05) is 0 Å². The van der Waals surface area contributed by atoms with Gasteiger partial charge in [0.2, 0.25) is 0 Å². The quantitative estimate of drug-likeness (QED) is 0.775. The summed E-state index contributed by atoms with van der Waals surface area (Å²) in [5, 5.41) is 9.92. The van der Waals surface area contributed by atoms with Crippen molar-refractivity contribution in [3.05, 3.63) is 0 Å². The molecule has 2 unspecified atom stereocenters. The van der Waals surface area contributed by atoms with Crippen LogP contribution in [0.4, 0.5) is 0 Å². The smallest absolute Gasteiger partial charge is 0.305 e. The summed E-state index contributed by atoms with van der Waals surface area (Å²) in [6.07, 6.45) is 8.74. The zero-order valence-corrected chi connectivity index (χ0v) is 12.0. The van der Waals surface area contributed by atoms with Gasteiger partial charge in [0, 0.05) is 19.0 Å². The highest BCUT2D eigenvalue weighted by Gasteiger charge is 2.36. The molecule has 0 aromatic heterocycles. The third-order valence-electron chi connectivity index (χ3n) is 4.68. The van der Waals surface area contributed by atoms with Crippen LogP contribution in [0.3, 0.4) is 0 Å². The Bertz CT molecular complexity index is 289. The van der Waals surface area contributed by atoms with E-state index in [2.05, 4.69) is 9.64 Å². The number of carbonyl (C=O) groups excluding carboxylic acids is 1. The average molecular weight is 269 g/mol. The molecule has 2 fully saturated rings. The molecule has 0 aromatic rings. The first-order valence-electron chi connectivity index (χ1n) is 7.69. The van der Waals surface area contributed by atoms with Gasteiger partial charge in [0.15, 0.2) is 0 Å². The van der Waals surface area contributed by atoms with Crippen molar-refractivity contribution in [3.8, 4) is 0 Å². The van der Waals surface area contributed by atoms with Crippen molar-refractivity contribution >= 4 is 5.97 Å². The van der Waals surface area contributed by atoms with Gasteiger partial charge < -0.3 is 9.84 Å².